The van der Waals surface area contributed by atoms with Crippen molar-refractivity contribution in [2.24, 2.45) is 11.8 Å². The van der Waals surface area contributed by atoms with Crippen molar-refractivity contribution in [3.63, 3.8) is 0 Å². The molecule has 3 saturated heterocycles. The molecule has 2 bridgehead atoms. The van der Waals surface area contributed by atoms with Crippen LogP contribution in [0.15, 0.2) is 17.5 Å². The third-order valence-electron chi connectivity index (χ3n) is 6.26. The number of rotatable bonds is 4. The van der Waals surface area contributed by atoms with Crippen LogP contribution >= 0.6 is 11.3 Å². The van der Waals surface area contributed by atoms with Gasteiger partial charge in [-0.05, 0) is 56.1 Å². The van der Waals surface area contributed by atoms with Gasteiger partial charge in [-0.3, -0.25) is 4.90 Å². The summed E-state index contributed by atoms with van der Waals surface area (Å²) in [4.78, 5) is 16.3. The van der Waals surface area contributed by atoms with Crippen molar-refractivity contribution in [1.29, 1.82) is 0 Å². The highest BCUT2D eigenvalue weighted by Gasteiger charge is 2.49. The SMILES string of the molecule is O=C(OC1CN2CCC1CC2)[C@@](O)(c1cccs1)C1CCCCC1. The summed E-state index contributed by atoms with van der Waals surface area (Å²) >= 11 is 1.47. The van der Waals surface area contributed by atoms with E-state index in [2.05, 4.69) is 4.90 Å². The number of nitrogens with zero attached hydrogens (tertiary/aromatic N) is 1. The van der Waals surface area contributed by atoms with E-state index in [1.54, 1.807) is 0 Å². The number of fused-ring (bicyclic) bond motifs is 3. The summed E-state index contributed by atoms with van der Waals surface area (Å²) < 4.78 is 5.94. The minimum atomic E-state index is -1.46. The van der Waals surface area contributed by atoms with E-state index in [-0.39, 0.29) is 12.0 Å². The summed E-state index contributed by atoms with van der Waals surface area (Å²) in [7, 11) is 0. The molecule has 0 radical (unpaired) electrons. The lowest BCUT2D eigenvalue weighted by Gasteiger charge is -2.45. The van der Waals surface area contributed by atoms with E-state index in [9.17, 15) is 9.90 Å². The molecule has 132 valence electrons. The molecular formula is C19H27NO3S. The summed E-state index contributed by atoms with van der Waals surface area (Å²) in [5, 5.41) is 13.4. The van der Waals surface area contributed by atoms with E-state index in [1.165, 1.54) is 17.8 Å². The van der Waals surface area contributed by atoms with E-state index < -0.39 is 11.6 Å². The van der Waals surface area contributed by atoms with Crippen LogP contribution in [0.3, 0.4) is 0 Å². The number of esters is 1. The summed E-state index contributed by atoms with van der Waals surface area (Å²) in [6.45, 7) is 3.08. The highest BCUT2D eigenvalue weighted by atomic mass is 32.1. The van der Waals surface area contributed by atoms with Crippen LogP contribution in [0.2, 0.25) is 0 Å². The number of hydrogen-bond acceptors (Lipinski definition) is 5. The summed E-state index contributed by atoms with van der Waals surface area (Å²) in [5.41, 5.74) is -1.46. The molecule has 1 aromatic heterocycles. The zero-order valence-electron chi connectivity index (χ0n) is 14.2. The zero-order valence-corrected chi connectivity index (χ0v) is 15.0. The van der Waals surface area contributed by atoms with Crippen LogP contribution in [0, 0.1) is 11.8 Å². The molecular weight excluding hydrogens is 322 g/mol. The van der Waals surface area contributed by atoms with Gasteiger partial charge < -0.3 is 9.84 Å². The maximum atomic E-state index is 13.1. The fourth-order valence-electron chi connectivity index (χ4n) is 4.76. The van der Waals surface area contributed by atoms with Gasteiger partial charge in [0.1, 0.15) is 6.10 Å². The molecule has 5 heteroatoms. The maximum Gasteiger partial charge on any atom is 0.344 e. The Hall–Kier alpha value is -0.910. The Morgan fingerprint density at radius 1 is 1.21 bits per heavy atom. The number of ether oxygens (including phenoxy) is 1. The average molecular weight is 349 g/mol. The van der Waals surface area contributed by atoms with E-state index >= 15 is 0 Å². The molecule has 1 aromatic rings. The van der Waals surface area contributed by atoms with E-state index in [0.29, 0.717) is 5.92 Å². The standard InChI is InChI=1S/C19H27NO3S/c21-18(23-16-13-20-10-8-14(16)9-11-20)19(22,17-7-4-12-24-17)15-5-2-1-3-6-15/h4,7,12,14-16,22H,1-3,5-6,8-11,13H2/t16?,19-/m0/s1. The second kappa shape index (κ2) is 6.77. The fraction of sp³-hybridized carbons (Fsp3) is 0.737. The Morgan fingerprint density at radius 2 is 1.96 bits per heavy atom. The molecule has 3 aliphatic heterocycles. The van der Waals surface area contributed by atoms with Crippen LogP contribution in [0.1, 0.15) is 49.8 Å². The first-order valence-corrected chi connectivity index (χ1v) is 10.3. The molecule has 0 amide bonds. The molecule has 1 unspecified atom stereocenters. The Labute approximate surface area is 147 Å². The minimum absolute atomic E-state index is 0.0153. The first-order valence-electron chi connectivity index (χ1n) is 9.37. The molecule has 4 fully saturated rings. The first kappa shape index (κ1) is 16.6. The molecule has 1 saturated carbocycles. The highest BCUT2D eigenvalue weighted by Crippen LogP contribution is 2.43. The van der Waals surface area contributed by atoms with Crippen LogP contribution in [0.4, 0.5) is 0 Å². The molecule has 2 atom stereocenters. The second-order valence-electron chi connectivity index (χ2n) is 7.66. The second-order valence-corrected chi connectivity index (χ2v) is 8.61. The van der Waals surface area contributed by atoms with Crippen molar-refractivity contribution in [3.05, 3.63) is 22.4 Å². The average Bonchev–Trinajstić information content (AvgIpc) is 3.18. The molecule has 4 nitrogen and oxygen atoms in total. The van der Waals surface area contributed by atoms with Gasteiger partial charge in [0.15, 0.2) is 5.60 Å². The molecule has 4 aliphatic rings. The quantitative estimate of drug-likeness (QED) is 0.849. The zero-order chi connectivity index (χ0) is 16.6. The van der Waals surface area contributed by atoms with Crippen molar-refractivity contribution in [2.45, 2.75) is 56.7 Å². The van der Waals surface area contributed by atoms with Crippen LogP contribution in [0.25, 0.3) is 0 Å². The van der Waals surface area contributed by atoms with Gasteiger partial charge in [0.2, 0.25) is 0 Å². The number of carbonyl (C=O) groups excluding carboxylic acids is 1. The Balaban J connectivity index is 1.55. The van der Waals surface area contributed by atoms with Gasteiger partial charge in [-0.15, -0.1) is 11.3 Å². The molecule has 24 heavy (non-hydrogen) atoms. The molecule has 1 aliphatic carbocycles. The van der Waals surface area contributed by atoms with E-state index in [4.69, 9.17) is 4.74 Å². The predicted molar refractivity (Wildman–Crippen MR) is 93.8 cm³/mol. The van der Waals surface area contributed by atoms with Crippen molar-refractivity contribution >= 4 is 17.3 Å². The normalized spacial score (nSPS) is 33.1. The number of hydrogen-bond donors (Lipinski definition) is 1. The van der Waals surface area contributed by atoms with Gasteiger partial charge in [0, 0.05) is 17.3 Å². The van der Waals surface area contributed by atoms with Gasteiger partial charge >= 0.3 is 5.97 Å². The van der Waals surface area contributed by atoms with Gasteiger partial charge in [-0.1, -0.05) is 25.3 Å². The number of thiophene rings is 1. The van der Waals surface area contributed by atoms with Crippen LogP contribution < -0.4 is 0 Å². The maximum absolute atomic E-state index is 13.1. The van der Waals surface area contributed by atoms with Crippen molar-refractivity contribution < 1.29 is 14.6 Å². The van der Waals surface area contributed by atoms with Crippen molar-refractivity contribution in [2.75, 3.05) is 19.6 Å². The molecule has 0 aromatic carbocycles. The van der Waals surface area contributed by atoms with Crippen LogP contribution in [0.5, 0.6) is 0 Å². The van der Waals surface area contributed by atoms with Crippen molar-refractivity contribution in [3.8, 4) is 0 Å². The molecule has 1 N–H and O–H groups in total. The lowest BCUT2D eigenvalue weighted by molar-refractivity contribution is -0.189. The predicted octanol–water partition coefficient (Wildman–Crippen LogP) is 3.15. The van der Waals surface area contributed by atoms with Gasteiger partial charge in [0.05, 0.1) is 0 Å². The lowest BCUT2D eigenvalue weighted by atomic mass is 9.76. The van der Waals surface area contributed by atoms with Crippen molar-refractivity contribution in [1.82, 2.24) is 4.90 Å². The number of aliphatic hydroxyl groups is 1. The molecule has 5 rings (SSSR count). The third-order valence-corrected chi connectivity index (χ3v) is 7.25. The third kappa shape index (κ3) is 2.91. The summed E-state index contributed by atoms with van der Waals surface area (Å²) in [6.07, 6.45) is 7.36. The van der Waals surface area contributed by atoms with E-state index in [0.717, 1.165) is 63.0 Å². The molecule has 4 heterocycles. The monoisotopic (exact) mass is 349 g/mol. The fourth-order valence-corrected chi connectivity index (χ4v) is 5.65. The Kier molecular flexibility index (Phi) is 4.67. The van der Waals surface area contributed by atoms with Gasteiger partial charge in [-0.25, -0.2) is 4.79 Å². The summed E-state index contributed by atoms with van der Waals surface area (Å²) in [5.74, 6) is 0.0481. The largest absolute Gasteiger partial charge is 0.458 e. The minimum Gasteiger partial charge on any atom is -0.458 e. The first-order chi connectivity index (χ1) is 11.7. The topological polar surface area (TPSA) is 49.8 Å². The summed E-state index contributed by atoms with van der Waals surface area (Å²) in [6, 6.07) is 3.80. The lowest BCUT2D eigenvalue weighted by Crippen LogP contribution is -2.54. The Bertz CT molecular complexity index is 561. The number of piperidine rings is 3. The highest BCUT2D eigenvalue weighted by molar-refractivity contribution is 7.10. The van der Waals surface area contributed by atoms with Gasteiger partial charge in [-0.2, -0.15) is 0 Å². The Morgan fingerprint density at radius 3 is 2.54 bits per heavy atom. The van der Waals surface area contributed by atoms with Crippen LogP contribution in [-0.4, -0.2) is 41.7 Å². The van der Waals surface area contributed by atoms with Gasteiger partial charge in [0.25, 0.3) is 0 Å². The smallest absolute Gasteiger partial charge is 0.344 e. The van der Waals surface area contributed by atoms with E-state index in [1.807, 2.05) is 17.5 Å². The molecule has 0 spiro atoms. The number of carbonyl (C=O) groups is 1. The van der Waals surface area contributed by atoms with Crippen LogP contribution in [-0.2, 0) is 15.1 Å².